The minimum atomic E-state index is -4.75. The standard InChI is InChI=1S/C14H11F4NO/c15-11-6-4-9(5-7-11)13(19)10-2-1-3-12(8-10)20-14(16,17)18/h1-8,13H,19H2. The summed E-state index contributed by atoms with van der Waals surface area (Å²) in [4.78, 5) is 0. The fraction of sp³-hybridized carbons (Fsp3) is 0.143. The molecule has 0 aliphatic heterocycles. The molecule has 2 nitrogen and oxygen atoms in total. The van der Waals surface area contributed by atoms with Crippen molar-refractivity contribution in [1.82, 2.24) is 0 Å². The molecule has 2 aromatic carbocycles. The molecular formula is C14H11F4NO. The molecule has 0 spiro atoms. The highest BCUT2D eigenvalue weighted by molar-refractivity contribution is 5.36. The van der Waals surface area contributed by atoms with Gasteiger partial charge >= 0.3 is 6.36 Å². The van der Waals surface area contributed by atoms with Crippen molar-refractivity contribution in [3.63, 3.8) is 0 Å². The first kappa shape index (κ1) is 14.3. The van der Waals surface area contributed by atoms with Crippen LogP contribution in [0.3, 0.4) is 0 Å². The predicted molar refractivity (Wildman–Crippen MR) is 65.6 cm³/mol. The minimum absolute atomic E-state index is 0.340. The second-order valence-corrected chi connectivity index (χ2v) is 4.15. The van der Waals surface area contributed by atoms with Gasteiger partial charge in [-0.1, -0.05) is 24.3 Å². The Bertz CT molecular complexity index is 580. The molecule has 0 aliphatic carbocycles. The third-order valence-corrected chi connectivity index (χ3v) is 2.68. The molecule has 0 aliphatic rings. The van der Waals surface area contributed by atoms with Crippen molar-refractivity contribution in [3.8, 4) is 5.75 Å². The van der Waals surface area contributed by atoms with Gasteiger partial charge in [-0.2, -0.15) is 0 Å². The molecule has 2 N–H and O–H groups in total. The van der Waals surface area contributed by atoms with Crippen LogP contribution in [-0.4, -0.2) is 6.36 Å². The Kier molecular flexibility index (Phi) is 3.94. The van der Waals surface area contributed by atoms with Gasteiger partial charge in [0, 0.05) is 0 Å². The smallest absolute Gasteiger partial charge is 0.406 e. The van der Waals surface area contributed by atoms with Gasteiger partial charge in [0.05, 0.1) is 6.04 Å². The summed E-state index contributed by atoms with van der Waals surface area (Å²) in [5.41, 5.74) is 6.98. The minimum Gasteiger partial charge on any atom is -0.406 e. The van der Waals surface area contributed by atoms with Crippen LogP contribution in [-0.2, 0) is 0 Å². The first-order valence-corrected chi connectivity index (χ1v) is 5.72. The maximum atomic E-state index is 12.8. The van der Waals surface area contributed by atoms with E-state index in [4.69, 9.17) is 5.73 Å². The molecule has 2 rings (SSSR count). The molecule has 106 valence electrons. The highest BCUT2D eigenvalue weighted by Gasteiger charge is 2.31. The van der Waals surface area contributed by atoms with Gasteiger partial charge in [-0.05, 0) is 35.4 Å². The van der Waals surface area contributed by atoms with E-state index in [9.17, 15) is 17.6 Å². The summed E-state index contributed by atoms with van der Waals surface area (Å²) < 4.78 is 53.1. The van der Waals surface area contributed by atoms with E-state index in [1.807, 2.05) is 0 Å². The molecule has 0 aromatic heterocycles. The van der Waals surface area contributed by atoms with Crippen molar-refractivity contribution in [2.45, 2.75) is 12.4 Å². The monoisotopic (exact) mass is 285 g/mol. The molecule has 6 heteroatoms. The Morgan fingerprint density at radius 1 is 0.950 bits per heavy atom. The van der Waals surface area contributed by atoms with Gasteiger partial charge in [-0.15, -0.1) is 13.2 Å². The summed E-state index contributed by atoms with van der Waals surface area (Å²) in [5, 5.41) is 0. The molecule has 1 atom stereocenters. The van der Waals surface area contributed by atoms with E-state index in [0.29, 0.717) is 11.1 Å². The fourth-order valence-corrected chi connectivity index (χ4v) is 1.77. The lowest BCUT2D eigenvalue weighted by atomic mass is 9.99. The van der Waals surface area contributed by atoms with Gasteiger partial charge in [0.1, 0.15) is 11.6 Å². The lowest BCUT2D eigenvalue weighted by Gasteiger charge is -2.15. The molecule has 1 unspecified atom stereocenters. The molecule has 0 heterocycles. The summed E-state index contributed by atoms with van der Waals surface area (Å²) in [6, 6.07) is 10.2. The zero-order valence-corrected chi connectivity index (χ0v) is 10.2. The Morgan fingerprint density at radius 2 is 1.60 bits per heavy atom. The largest absolute Gasteiger partial charge is 0.573 e. The maximum absolute atomic E-state index is 12.8. The van der Waals surface area contributed by atoms with Gasteiger partial charge < -0.3 is 10.5 Å². The SMILES string of the molecule is NC(c1ccc(F)cc1)c1cccc(OC(F)(F)F)c1. The first-order chi connectivity index (χ1) is 9.35. The molecule has 0 bridgehead atoms. The highest BCUT2D eigenvalue weighted by Crippen LogP contribution is 2.27. The topological polar surface area (TPSA) is 35.2 Å². The van der Waals surface area contributed by atoms with E-state index in [-0.39, 0.29) is 5.75 Å². The van der Waals surface area contributed by atoms with Gasteiger partial charge in [0.15, 0.2) is 0 Å². The predicted octanol–water partition coefficient (Wildman–Crippen LogP) is 3.77. The van der Waals surface area contributed by atoms with Gasteiger partial charge in [-0.3, -0.25) is 0 Å². The van der Waals surface area contributed by atoms with Gasteiger partial charge in [-0.25, -0.2) is 4.39 Å². The molecule has 0 fully saturated rings. The van der Waals surface area contributed by atoms with Gasteiger partial charge in [0.2, 0.25) is 0 Å². The third kappa shape index (κ3) is 3.71. The van der Waals surface area contributed by atoms with Crippen molar-refractivity contribution in [1.29, 1.82) is 0 Å². The van der Waals surface area contributed by atoms with Crippen LogP contribution >= 0.6 is 0 Å². The van der Waals surface area contributed by atoms with E-state index in [2.05, 4.69) is 4.74 Å². The third-order valence-electron chi connectivity index (χ3n) is 2.68. The van der Waals surface area contributed by atoms with E-state index in [1.165, 1.54) is 42.5 Å². The lowest BCUT2D eigenvalue weighted by Crippen LogP contribution is -2.18. The molecule has 20 heavy (non-hydrogen) atoms. The average molecular weight is 285 g/mol. The molecule has 0 saturated carbocycles. The Morgan fingerprint density at radius 3 is 2.20 bits per heavy atom. The molecule has 2 aromatic rings. The second kappa shape index (κ2) is 5.50. The second-order valence-electron chi connectivity index (χ2n) is 4.15. The van der Waals surface area contributed by atoms with E-state index >= 15 is 0 Å². The molecule has 0 amide bonds. The molecule has 0 radical (unpaired) electrons. The van der Waals surface area contributed by atoms with Gasteiger partial charge in [0.25, 0.3) is 0 Å². The number of ether oxygens (including phenoxy) is 1. The van der Waals surface area contributed by atoms with Crippen molar-refractivity contribution >= 4 is 0 Å². The number of halogens is 4. The van der Waals surface area contributed by atoms with Crippen LogP contribution in [0.1, 0.15) is 17.2 Å². The van der Waals surface area contributed by atoms with E-state index < -0.39 is 18.2 Å². The Balaban J connectivity index is 2.24. The van der Waals surface area contributed by atoms with Crippen LogP contribution < -0.4 is 10.5 Å². The summed E-state index contributed by atoms with van der Waals surface area (Å²) in [6.07, 6.45) is -4.75. The highest BCUT2D eigenvalue weighted by atomic mass is 19.4. The van der Waals surface area contributed by atoms with Crippen molar-refractivity contribution in [2.24, 2.45) is 5.73 Å². The Hall–Kier alpha value is -2.08. The fourth-order valence-electron chi connectivity index (χ4n) is 1.77. The summed E-state index contributed by atoms with van der Waals surface area (Å²) >= 11 is 0. The number of hydrogen-bond acceptors (Lipinski definition) is 2. The van der Waals surface area contributed by atoms with Crippen molar-refractivity contribution in [3.05, 3.63) is 65.5 Å². The number of hydrogen-bond donors (Lipinski definition) is 1. The van der Waals surface area contributed by atoms with Crippen LogP contribution in [0.2, 0.25) is 0 Å². The average Bonchev–Trinajstić information content (AvgIpc) is 2.37. The summed E-state index contributed by atoms with van der Waals surface area (Å²) in [7, 11) is 0. The maximum Gasteiger partial charge on any atom is 0.573 e. The van der Waals surface area contributed by atoms with Crippen LogP contribution in [0.15, 0.2) is 48.5 Å². The Labute approximate surface area is 112 Å². The van der Waals surface area contributed by atoms with Crippen LogP contribution in [0.25, 0.3) is 0 Å². The zero-order chi connectivity index (χ0) is 14.8. The summed E-state index contributed by atoms with van der Waals surface area (Å²) in [6.45, 7) is 0. The lowest BCUT2D eigenvalue weighted by molar-refractivity contribution is -0.274. The zero-order valence-electron chi connectivity index (χ0n) is 10.2. The quantitative estimate of drug-likeness (QED) is 0.871. The van der Waals surface area contributed by atoms with Crippen molar-refractivity contribution in [2.75, 3.05) is 0 Å². The van der Waals surface area contributed by atoms with Crippen LogP contribution in [0.4, 0.5) is 17.6 Å². The number of benzene rings is 2. The number of alkyl halides is 3. The first-order valence-electron chi connectivity index (χ1n) is 5.72. The van der Waals surface area contributed by atoms with Crippen LogP contribution in [0.5, 0.6) is 5.75 Å². The summed E-state index contributed by atoms with van der Waals surface area (Å²) in [5.74, 6) is -0.748. The molecular weight excluding hydrogens is 274 g/mol. The van der Waals surface area contributed by atoms with Crippen molar-refractivity contribution < 1.29 is 22.3 Å². The van der Waals surface area contributed by atoms with Crippen LogP contribution in [0, 0.1) is 5.82 Å². The van der Waals surface area contributed by atoms with E-state index in [0.717, 1.165) is 0 Å². The number of rotatable bonds is 3. The number of nitrogens with two attached hydrogens (primary N) is 1. The molecule has 0 saturated heterocycles. The normalized spacial score (nSPS) is 13.1. The van der Waals surface area contributed by atoms with E-state index in [1.54, 1.807) is 6.07 Å².